The van der Waals surface area contributed by atoms with Crippen LogP contribution in [0.15, 0.2) is 18.2 Å². The van der Waals surface area contributed by atoms with Gasteiger partial charge in [-0.15, -0.1) is 11.3 Å². The molecule has 0 unspecified atom stereocenters. The Kier molecular flexibility index (Phi) is 2.38. The van der Waals surface area contributed by atoms with Crippen molar-refractivity contribution in [1.82, 2.24) is 10.3 Å². The molecule has 1 heterocycles. The maximum absolute atomic E-state index is 10.6. The molecule has 58 valence electrons. The zero-order valence-corrected chi connectivity index (χ0v) is 6.94. The third kappa shape index (κ3) is 2.16. The van der Waals surface area contributed by atoms with E-state index in [4.69, 9.17) is 0 Å². The third-order valence-corrected chi connectivity index (χ3v) is 1.85. The number of nitrogens with zero attached hydrogens (tertiary/aromatic N) is 1. The molecule has 0 aliphatic heterocycles. The smallest absolute Gasteiger partial charge is 0.221 e. The Labute approximate surface area is 68.8 Å². The summed E-state index contributed by atoms with van der Waals surface area (Å²) in [5.41, 5.74) is 0.563. The van der Waals surface area contributed by atoms with E-state index in [0.717, 1.165) is 5.01 Å². The van der Waals surface area contributed by atoms with Crippen molar-refractivity contribution in [3.05, 3.63) is 23.2 Å². The molecule has 4 heteroatoms. The highest BCUT2D eigenvalue weighted by atomic mass is 32.1. The molecule has 0 aliphatic rings. The van der Waals surface area contributed by atoms with Gasteiger partial charge in [-0.1, -0.05) is 6.58 Å². The van der Waals surface area contributed by atoms with Gasteiger partial charge in [0.2, 0.25) is 5.91 Å². The summed E-state index contributed by atoms with van der Waals surface area (Å²) in [4.78, 5) is 14.5. The van der Waals surface area contributed by atoms with Crippen molar-refractivity contribution in [2.45, 2.75) is 6.92 Å². The third-order valence-electron chi connectivity index (χ3n) is 1.02. The fourth-order valence-electron chi connectivity index (χ4n) is 0.638. The molecule has 0 aromatic carbocycles. The van der Waals surface area contributed by atoms with E-state index in [-0.39, 0.29) is 5.91 Å². The van der Waals surface area contributed by atoms with E-state index in [1.54, 1.807) is 6.20 Å². The van der Waals surface area contributed by atoms with Crippen LogP contribution in [0.25, 0.3) is 5.70 Å². The molecule has 0 aliphatic carbocycles. The maximum atomic E-state index is 10.6. The number of nitrogens with one attached hydrogen (secondary N) is 1. The van der Waals surface area contributed by atoms with Gasteiger partial charge in [0.1, 0.15) is 5.01 Å². The lowest BCUT2D eigenvalue weighted by molar-refractivity contribution is -0.117. The van der Waals surface area contributed by atoms with Crippen LogP contribution >= 0.6 is 11.3 Å². The average Bonchev–Trinajstić information content (AvgIpc) is 2.35. The van der Waals surface area contributed by atoms with E-state index in [1.165, 1.54) is 18.3 Å². The zero-order chi connectivity index (χ0) is 8.27. The monoisotopic (exact) mass is 168 g/mol. The summed E-state index contributed by atoms with van der Waals surface area (Å²) in [6.07, 6.45) is 1.67. The van der Waals surface area contributed by atoms with Crippen LogP contribution in [0.5, 0.6) is 0 Å². The topological polar surface area (TPSA) is 42.0 Å². The van der Waals surface area contributed by atoms with Crippen molar-refractivity contribution in [1.29, 1.82) is 0 Å². The summed E-state index contributed by atoms with van der Waals surface area (Å²) >= 11 is 1.45. The summed E-state index contributed by atoms with van der Waals surface area (Å²) < 4.78 is 0. The van der Waals surface area contributed by atoms with Crippen LogP contribution in [0.1, 0.15) is 11.9 Å². The van der Waals surface area contributed by atoms with Gasteiger partial charge in [0.25, 0.3) is 0 Å². The first-order valence-corrected chi connectivity index (χ1v) is 3.94. The molecule has 3 nitrogen and oxygen atoms in total. The lowest BCUT2D eigenvalue weighted by Crippen LogP contribution is -2.16. The highest BCUT2D eigenvalue weighted by molar-refractivity contribution is 7.10. The summed E-state index contributed by atoms with van der Waals surface area (Å²) in [5, 5.41) is 5.15. The van der Waals surface area contributed by atoms with E-state index in [1.807, 2.05) is 5.38 Å². The fraction of sp³-hybridized carbons (Fsp3) is 0.143. The quantitative estimate of drug-likeness (QED) is 0.722. The number of thiazole rings is 1. The fourth-order valence-corrected chi connectivity index (χ4v) is 1.20. The number of carbonyl (C=O) groups is 1. The largest absolute Gasteiger partial charge is 0.324 e. The van der Waals surface area contributed by atoms with Gasteiger partial charge in [0, 0.05) is 18.5 Å². The van der Waals surface area contributed by atoms with Gasteiger partial charge < -0.3 is 5.32 Å². The van der Waals surface area contributed by atoms with E-state index in [2.05, 4.69) is 16.9 Å². The summed E-state index contributed by atoms with van der Waals surface area (Å²) in [7, 11) is 0. The van der Waals surface area contributed by atoms with E-state index < -0.39 is 0 Å². The SMILES string of the molecule is C=C(NC(C)=O)c1nccs1. The Bertz CT molecular complexity index is 266. The first-order chi connectivity index (χ1) is 5.20. The van der Waals surface area contributed by atoms with Crippen LogP contribution in [-0.4, -0.2) is 10.9 Å². The molecule has 0 saturated carbocycles. The second-order valence-electron chi connectivity index (χ2n) is 2.00. The lowest BCUT2D eigenvalue weighted by Gasteiger charge is -1.99. The van der Waals surface area contributed by atoms with Gasteiger partial charge in [-0.2, -0.15) is 0 Å². The Hall–Kier alpha value is -1.16. The number of amides is 1. The zero-order valence-electron chi connectivity index (χ0n) is 6.13. The molecule has 0 fully saturated rings. The molecule has 0 bridgehead atoms. The molecule has 1 amide bonds. The van der Waals surface area contributed by atoms with Crippen LogP contribution < -0.4 is 5.32 Å². The predicted octanol–water partition coefficient (Wildman–Crippen LogP) is 1.25. The molecule has 11 heavy (non-hydrogen) atoms. The van der Waals surface area contributed by atoms with Gasteiger partial charge in [-0.05, 0) is 0 Å². The molecule has 1 aromatic rings. The minimum absolute atomic E-state index is 0.120. The number of rotatable bonds is 2. The van der Waals surface area contributed by atoms with Gasteiger partial charge in [0.05, 0.1) is 5.70 Å². The molecule has 0 radical (unpaired) electrons. The predicted molar refractivity (Wildman–Crippen MR) is 45.0 cm³/mol. The minimum Gasteiger partial charge on any atom is -0.324 e. The Morgan fingerprint density at radius 3 is 3.00 bits per heavy atom. The van der Waals surface area contributed by atoms with Crippen molar-refractivity contribution in [2.24, 2.45) is 0 Å². The van der Waals surface area contributed by atoms with Crippen LogP contribution in [0, 0.1) is 0 Å². The molecule has 1 aromatic heterocycles. The van der Waals surface area contributed by atoms with Crippen LogP contribution in [0.3, 0.4) is 0 Å². The van der Waals surface area contributed by atoms with E-state index in [0.29, 0.717) is 5.70 Å². The van der Waals surface area contributed by atoms with Gasteiger partial charge in [-0.25, -0.2) is 4.98 Å². The highest BCUT2D eigenvalue weighted by Crippen LogP contribution is 2.11. The first-order valence-electron chi connectivity index (χ1n) is 3.06. The molecule has 1 rings (SSSR count). The Morgan fingerprint density at radius 2 is 2.55 bits per heavy atom. The van der Waals surface area contributed by atoms with Crippen LogP contribution in [-0.2, 0) is 4.79 Å². The number of aromatic nitrogens is 1. The summed E-state index contributed by atoms with van der Waals surface area (Å²) in [6.45, 7) is 5.10. The van der Waals surface area contributed by atoms with Crippen LogP contribution in [0.2, 0.25) is 0 Å². The number of carbonyl (C=O) groups excluding carboxylic acids is 1. The van der Waals surface area contributed by atoms with E-state index in [9.17, 15) is 4.79 Å². The first kappa shape index (κ1) is 7.94. The maximum Gasteiger partial charge on any atom is 0.221 e. The molecular weight excluding hydrogens is 160 g/mol. The normalized spacial score (nSPS) is 9.18. The summed E-state index contributed by atoms with van der Waals surface area (Å²) in [5.74, 6) is -0.120. The van der Waals surface area contributed by atoms with E-state index >= 15 is 0 Å². The lowest BCUT2D eigenvalue weighted by atomic mass is 10.5. The second kappa shape index (κ2) is 3.30. The highest BCUT2D eigenvalue weighted by Gasteiger charge is 2.01. The standard InChI is InChI=1S/C7H8N2OS/c1-5(9-6(2)10)7-8-3-4-11-7/h3-4H,1H2,2H3,(H,9,10). The van der Waals surface area contributed by atoms with Gasteiger partial charge in [-0.3, -0.25) is 4.79 Å². The van der Waals surface area contributed by atoms with Crippen molar-refractivity contribution in [3.63, 3.8) is 0 Å². The molecule has 1 N–H and O–H groups in total. The molecular formula is C7H8N2OS. The second-order valence-corrected chi connectivity index (χ2v) is 2.89. The van der Waals surface area contributed by atoms with Gasteiger partial charge in [0.15, 0.2) is 0 Å². The number of hydrogen-bond donors (Lipinski definition) is 1. The van der Waals surface area contributed by atoms with Crippen molar-refractivity contribution in [3.8, 4) is 0 Å². The molecule has 0 spiro atoms. The van der Waals surface area contributed by atoms with Crippen molar-refractivity contribution < 1.29 is 4.79 Å². The van der Waals surface area contributed by atoms with Gasteiger partial charge >= 0.3 is 0 Å². The molecule has 0 atom stereocenters. The number of hydrogen-bond acceptors (Lipinski definition) is 3. The van der Waals surface area contributed by atoms with Crippen LogP contribution in [0.4, 0.5) is 0 Å². The van der Waals surface area contributed by atoms with Crippen molar-refractivity contribution >= 4 is 22.9 Å². The minimum atomic E-state index is -0.120. The Balaban J connectivity index is 2.64. The Morgan fingerprint density at radius 1 is 1.82 bits per heavy atom. The van der Waals surface area contributed by atoms with Crippen molar-refractivity contribution in [2.75, 3.05) is 0 Å². The molecule has 0 saturated heterocycles. The average molecular weight is 168 g/mol. The summed E-state index contributed by atoms with van der Waals surface area (Å²) in [6, 6.07) is 0.